The number of thiazole rings is 1. The Morgan fingerprint density at radius 3 is 2.46 bits per heavy atom. The first-order chi connectivity index (χ1) is 16.6. The molecule has 1 N–H and O–H groups in total. The van der Waals surface area contributed by atoms with Crippen LogP contribution in [0.5, 0.6) is 0 Å². The van der Waals surface area contributed by atoms with Crippen LogP contribution in [-0.2, 0) is 16.6 Å². The van der Waals surface area contributed by atoms with Crippen LogP contribution in [-0.4, -0.2) is 32.6 Å². The lowest BCUT2D eigenvalue weighted by molar-refractivity contribution is 0.0981. The van der Waals surface area contributed by atoms with Gasteiger partial charge in [-0.3, -0.25) is 4.79 Å². The highest BCUT2D eigenvalue weighted by molar-refractivity contribution is 7.89. The third kappa shape index (κ3) is 5.98. The molecule has 2 aromatic heterocycles. The van der Waals surface area contributed by atoms with Crippen molar-refractivity contribution in [3.8, 4) is 21.8 Å². The largest absolute Gasteiger partial charge is 0.362 e. The molecule has 0 unspecified atom stereocenters. The fraction of sp³-hybridized carbons (Fsp3) is 0.231. The lowest BCUT2D eigenvalue weighted by atomic mass is 10.0. The normalized spacial score (nSPS) is 11.6. The summed E-state index contributed by atoms with van der Waals surface area (Å²) in [4.78, 5) is 19.5. The number of aromatic nitrogens is 1. The monoisotopic (exact) mass is 525 g/mol. The molecule has 0 saturated heterocycles. The van der Waals surface area contributed by atoms with Crippen molar-refractivity contribution in [1.29, 1.82) is 0 Å². The summed E-state index contributed by atoms with van der Waals surface area (Å²) in [5, 5.41) is 6.06. The van der Waals surface area contributed by atoms with E-state index in [9.17, 15) is 13.2 Å². The van der Waals surface area contributed by atoms with E-state index in [4.69, 9.17) is 4.98 Å². The average molecular weight is 526 g/mol. The molecule has 2 aromatic carbocycles. The third-order valence-electron chi connectivity index (χ3n) is 5.55. The van der Waals surface area contributed by atoms with Gasteiger partial charge in [-0.15, -0.1) is 22.7 Å². The molecular formula is C26H27N3O3S3. The number of sulfonamides is 1. The maximum absolute atomic E-state index is 12.5. The number of benzene rings is 2. The van der Waals surface area contributed by atoms with E-state index in [2.05, 4.69) is 59.2 Å². The number of anilines is 1. The molecule has 182 valence electrons. The zero-order chi connectivity index (χ0) is 25.2. The Balaban J connectivity index is 1.57. The first kappa shape index (κ1) is 25.1. The molecule has 0 bridgehead atoms. The van der Waals surface area contributed by atoms with Gasteiger partial charge in [-0.25, -0.2) is 18.1 Å². The summed E-state index contributed by atoms with van der Waals surface area (Å²) < 4.78 is 25.1. The van der Waals surface area contributed by atoms with Crippen LogP contribution in [0.25, 0.3) is 21.8 Å². The smallest absolute Gasteiger partial charge is 0.265 e. The summed E-state index contributed by atoms with van der Waals surface area (Å²) in [7, 11) is -1.69. The Morgan fingerprint density at radius 1 is 1.06 bits per heavy atom. The van der Waals surface area contributed by atoms with Crippen LogP contribution in [0.4, 0.5) is 5.00 Å². The van der Waals surface area contributed by atoms with Crippen LogP contribution in [0.15, 0.2) is 65.4 Å². The Morgan fingerprint density at radius 2 is 1.77 bits per heavy atom. The number of carbonyl (C=O) groups excluding carboxylic acids is 1. The second kappa shape index (κ2) is 10.3. The molecule has 9 heteroatoms. The maximum atomic E-state index is 12.5. The van der Waals surface area contributed by atoms with Crippen molar-refractivity contribution in [2.45, 2.75) is 26.3 Å². The number of thiophene rings is 1. The van der Waals surface area contributed by atoms with Gasteiger partial charge in [0, 0.05) is 35.7 Å². The second-order valence-electron chi connectivity index (χ2n) is 8.67. The first-order valence-corrected chi connectivity index (χ1v) is 14.7. The maximum Gasteiger partial charge on any atom is 0.265 e. The van der Waals surface area contributed by atoms with Crippen LogP contribution in [0.3, 0.4) is 0 Å². The van der Waals surface area contributed by atoms with Crippen LogP contribution in [0.2, 0.25) is 0 Å². The molecule has 0 aliphatic rings. The van der Waals surface area contributed by atoms with Gasteiger partial charge in [0.25, 0.3) is 5.91 Å². The van der Waals surface area contributed by atoms with E-state index in [1.54, 1.807) is 34.8 Å². The van der Waals surface area contributed by atoms with Gasteiger partial charge in [0.15, 0.2) is 0 Å². The summed E-state index contributed by atoms with van der Waals surface area (Å²) in [6.07, 6.45) is 0.971. The van der Waals surface area contributed by atoms with Crippen LogP contribution < -0.4 is 9.62 Å². The Kier molecular flexibility index (Phi) is 7.39. The first-order valence-electron chi connectivity index (χ1n) is 11.1. The van der Waals surface area contributed by atoms with E-state index in [1.807, 2.05) is 24.6 Å². The van der Waals surface area contributed by atoms with Crippen LogP contribution >= 0.6 is 22.7 Å². The molecular weight excluding hydrogens is 499 g/mol. The SMILES string of the molecule is CC(C)c1ccc(-c2csc(-c3ccsc3N(C)Cc3ccccc3C(=O)NS(C)(=O)=O)n2)cc1. The fourth-order valence-corrected chi connectivity index (χ4v) is 5.99. The molecule has 4 rings (SSSR count). The number of amides is 1. The van der Waals surface area contributed by atoms with Gasteiger partial charge in [0.2, 0.25) is 10.0 Å². The molecule has 0 saturated carbocycles. The van der Waals surface area contributed by atoms with Crippen LogP contribution in [0, 0.1) is 0 Å². The van der Waals surface area contributed by atoms with Gasteiger partial charge < -0.3 is 4.90 Å². The standard InChI is InChI=1S/C26H27N3O3S3/c1-17(2)18-9-11-19(12-10-18)23-16-34-25(27-23)22-13-14-33-26(22)29(3)15-20-7-5-6-8-21(20)24(30)28-35(4,31)32/h5-14,16-17H,15H2,1-4H3,(H,28,30). The van der Waals surface area contributed by atoms with Crippen molar-refractivity contribution >= 4 is 43.6 Å². The molecule has 4 aromatic rings. The molecule has 0 radical (unpaired) electrons. The topological polar surface area (TPSA) is 79.4 Å². The van der Waals surface area contributed by atoms with Crippen molar-refractivity contribution in [2.24, 2.45) is 0 Å². The predicted octanol–water partition coefficient (Wildman–Crippen LogP) is 5.99. The van der Waals surface area contributed by atoms with Crippen molar-refractivity contribution in [1.82, 2.24) is 9.71 Å². The molecule has 0 aliphatic heterocycles. The highest BCUT2D eigenvalue weighted by Crippen LogP contribution is 2.39. The van der Waals surface area contributed by atoms with Gasteiger partial charge in [-0.05, 0) is 34.6 Å². The summed E-state index contributed by atoms with van der Waals surface area (Å²) in [5.41, 5.74) is 5.45. The second-order valence-corrected chi connectivity index (χ2v) is 12.2. The molecule has 2 heterocycles. The Hall–Kier alpha value is -3.01. The number of hydrogen-bond acceptors (Lipinski definition) is 7. The minimum Gasteiger partial charge on any atom is -0.362 e. The van der Waals surface area contributed by atoms with Crippen molar-refractivity contribution in [3.63, 3.8) is 0 Å². The Labute approximate surface area is 214 Å². The van der Waals surface area contributed by atoms with Crippen molar-refractivity contribution in [2.75, 3.05) is 18.2 Å². The minimum absolute atomic E-state index is 0.337. The summed E-state index contributed by atoms with van der Waals surface area (Å²) in [6, 6.07) is 17.6. The lowest BCUT2D eigenvalue weighted by Crippen LogP contribution is -2.30. The highest BCUT2D eigenvalue weighted by Gasteiger charge is 2.19. The average Bonchev–Trinajstić information content (AvgIpc) is 3.48. The molecule has 6 nitrogen and oxygen atoms in total. The van der Waals surface area contributed by atoms with Crippen molar-refractivity contribution < 1.29 is 13.2 Å². The number of carbonyl (C=O) groups is 1. The zero-order valence-electron chi connectivity index (χ0n) is 20.0. The zero-order valence-corrected chi connectivity index (χ0v) is 22.4. The molecule has 1 amide bonds. The number of rotatable bonds is 8. The van der Waals surface area contributed by atoms with E-state index in [0.29, 0.717) is 18.0 Å². The van der Waals surface area contributed by atoms with Gasteiger partial charge in [-0.1, -0.05) is 56.3 Å². The van der Waals surface area contributed by atoms with Crippen molar-refractivity contribution in [3.05, 3.63) is 82.0 Å². The van der Waals surface area contributed by atoms with E-state index in [-0.39, 0.29) is 0 Å². The number of hydrogen-bond donors (Lipinski definition) is 1. The van der Waals surface area contributed by atoms with Gasteiger partial charge in [0.1, 0.15) is 10.0 Å². The van der Waals surface area contributed by atoms with Crippen LogP contribution in [0.1, 0.15) is 41.3 Å². The van der Waals surface area contributed by atoms with Gasteiger partial charge in [0.05, 0.1) is 11.9 Å². The van der Waals surface area contributed by atoms with E-state index in [0.717, 1.165) is 38.6 Å². The highest BCUT2D eigenvalue weighted by atomic mass is 32.2. The number of nitrogens with zero attached hydrogens (tertiary/aromatic N) is 2. The van der Waals surface area contributed by atoms with Gasteiger partial charge >= 0.3 is 0 Å². The minimum atomic E-state index is -3.65. The molecule has 0 fully saturated rings. The van der Waals surface area contributed by atoms with E-state index in [1.165, 1.54) is 5.56 Å². The molecule has 0 atom stereocenters. The predicted molar refractivity (Wildman–Crippen MR) is 146 cm³/mol. The molecule has 0 aliphatic carbocycles. The van der Waals surface area contributed by atoms with E-state index < -0.39 is 15.9 Å². The molecule has 35 heavy (non-hydrogen) atoms. The third-order valence-corrected chi connectivity index (χ3v) is 8.01. The lowest BCUT2D eigenvalue weighted by Gasteiger charge is -2.20. The summed E-state index contributed by atoms with van der Waals surface area (Å²) in [6.45, 7) is 4.80. The quantitative estimate of drug-likeness (QED) is 0.306. The molecule has 0 spiro atoms. The summed E-state index contributed by atoms with van der Waals surface area (Å²) >= 11 is 3.21. The number of nitrogens with one attached hydrogen (secondary N) is 1. The fourth-order valence-electron chi connectivity index (χ4n) is 3.76. The van der Waals surface area contributed by atoms with E-state index >= 15 is 0 Å². The Bertz CT molecular complexity index is 1440. The van der Waals surface area contributed by atoms with Gasteiger partial charge in [-0.2, -0.15) is 0 Å². The summed E-state index contributed by atoms with van der Waals surface area (Å²) in [5.74, 6) is -0.141.